The highest BCUT2D eigenvalue weighted by molar-refractivity contribution is 5.94. The van der Waals surface area contributed by atoms with Gasteiger partial charge >= 0.3 is 5.92 Å². The van der Waals surface area contributed by atoms with E-state index in [2.05, 4.69) is 10.4 Å². The van der Waals surface area contributed by atoms with Crippen molar-refractivity contribution in [3.8, 4) is 5.75 Å². The van der Waals surface area contributed by atoms with Crippen molar-refractivity contribution in [2.24, 2.45) is 7.05 Å². The summed E-state index contributed by atoms with van der Waals surface area (Å²) >= 11 is 0. The number of hydrogen-bond acceptors (Lipinski definition) is 7. The minimum absolute atomic E-state index is 0.00389. The molecule has 1 fully saturated rings. The molecule has 1 aliphatic heterocycles. The Kier molecular flexibility index (Phi) is 7.32. The van der Waals surface area contributed by atoms with Crippen LogP contribution in [0.5, 0.6) is 5.75 Å². The average Bonchev–Trinajstić information content (AvgIpc) is 2.86. The van der Waals surface area contributed by atoms with E-state index in [1.807, 2.05) is 0 Å². The first-order chi connectivity index (χ1) is 17.8. The molecule has 0 unspecified atom stereocenters. The molecule has 3 heterocycles. The first-order valence-corrected chi connectivity index (χ1v) is 12.2. The van der Waals surface area contributed by atoms with Gasteiger partial charge in [0.1, 0.15) is 16.8 Å². The largest absolute Gasteiger partial charge is 0.490 e. The second-order valence-corrected chi connectivity index (χ2v) is 9.99. The fourth-order valence-electron chi connectivity index (χ4n) is 4.68. The zero-order valence-electron chi connectivity index (χ0n) is 21.8. The molecule has 1 aliphatic rings. The number of rotatable bonds is 7. The fraction of sp³-hybridized carbons (Fsp3) is 0.500. The van der Waals surface area contributed by atoms with Gasteiger partial charge in [-0.1, -0.05) is 12.1 Å². The number of aryl methyl sites for hydroxylation is 1. The van der Waals surface area contributed by atoms with Crippen molar-refractivity contribution >= 4 is 16.6 Å². The van der Waals surface area contributed by atoms with Crippen LogP contribution in [0.4, 0.5) is 19.0 Å². The number of aromatic nitrogens is 3. The van der Waals surface area contributed by atoms with Gasteiger partial charge in [-0.2, -0.15) is 13.9 Å². The van der Waals surface area contributed by atoms with Gasteiger partial charge in [-0.3, -0.25) is 9.59 Å². The molecule has 2 aromatic heterocycles. The summed E-state index contributed by atoms with van der Waals surface area (Å²) in [5.74, 6) is -5.05. The van der Waals surface area contributed by atoms with Gasteiger partial charge in [-0.15, -0.1) is 0 Å². The summed E-state index contributed by atoms with van der Waals surface area (Å²) in [5.41, 5.74) is -4.57. The monoisotopic (exact) mass is 536 g/mol. The number of fused-ring (bicyclic) bond motifs is 1. The van der Waals surface area contributed by atoms with E-state index in [-0.39, 0.29) is 33.9 Å². The minimum Gasteiger partial charge on any atom is -0.490 e. The third-order valence-electron chi connectivity index (χ3n) is 6.95. The number of benzene rings is 1. The molecule has 0 aliphatic carbocycles. The number of nitrogens with zero attached hydrogens (tertiary/aromatic N) is 3. The number of hydrogen-bond donors (Lipinski definition) is 2. The molecule has 0 bridgehead atoms. The minimum atomic E-state index is -3.86. The Morgan fingerprint density at radius 1 is 1.21 bits per heavy atom. The molecular weight excluding hydrogens is 505 g/mol. The van der Waals surface area contributed by atoms with E-state index in [1.54, 1.807) is 6.92 Å². The van der Waals surface area contributed by atoms with E-state index < -0.39 is 40.1 Å². The van der Waals surface area contributed by atoms with Crippen LogP contribution in [0.1, 0.15) is 56.8 Å². The Bertz CT molecular complexity index is 1470. The van der Waals surface area contributed by atoms with Crippen molar-refractivity contribution in [3.63, 3.8) is 0 Å². The van der Waals surface area contributed by atoms with E-state index in [9.17, 15) is 23.5 Å². The normalized spacial score (nSPS) is 16.0. The van der Waals surface area contributed by atoms with Gasteiger partial charge in [0.25, 0.3) is 11.1 Å². The van der Waals surface area contributed by atoms with Gasteiger partial charge in [-0.25, -0.2) is 9.07 Å². The smallest absolute Gasteiger partial charge is 0.303 e. The highest BCUT2D eigenvalue weighted by atomic mass is 19.3. The lowest BCUT2D eigenvalue weighted by Gasteiger charge is -2.30. The third kappa shape index (κ3) is 4.66. The van der Waals surface area contributed by atoms with Crippen LogP contribution in [0.2, 0.25) is 0 Å². The van der Waals surface area contributed by atoms with Crippen molar-refractivity contribution in [3.05, 3.63) is 62.0 Å². The number of nitrogens with one attached hydrogen (secondary N) is 1. The highest BCUT2D eigenvalue weighted by Gasteiger charge is 2.49. The molecule has 12 heteroatoms. The first kappa shape index (κ1) is 27.6. The zero-order chi connectivity index (χ0) is 28.0. The predicted octanol–water partition coefficient (Wildman–Crippen LogP) is 3.63. The molecule has 2 N–H and O–H groups in total. The molecule has 1 saturated heterocycles. The Morgan fingerprint density at radius 3 is 2.47 bits per heavy atom. The van der Waals surface area contributed by atoms with Crippen LogP contribution < -0.4 is 21.2 Å². The van der Waals surface area contributed by atoms with E-state index in [0.717, 1.165) is 24.6 Å². The lowest BCUT2D eigenvalue weighted by molar-refractivity contribution is -0.170. The van der Waals surface area contributed by atoms with Gasteiger partial charge in [0.15, 0.2) is 11.6 Å². The molecule has 206 valence electrons. The van der Waals surface area contributed by atoms with Crippen LogP contribution in [0.15, 0.2) is 34.0 Å². The molecular formula is C26H31F3N4O5. The van der Waals surface area contributed by atoms with Crippen LogP contribution in [-0.2, 0) is 17.7 Å². The molecule has 0 radical (unpaired) electrons. The highest BCUT2D eigenvalue weighted by Crippen LogP contribution is 2.41. The summed E-state index contributed by atoms with van der Waals surface area (Å²) in [7, 11) is 2.69. The maximum Gasteiger partial charge on any atom is 0.303 e. The number of anilines is 1. The summed E-state index contributed by atoms with van der Waals surface area (Å²) in [6, 6.07) is 2.47. The molecule has 3 aromatic rings. The molecule has 1 aromatic carbocycles. The second-order valence-electron chi connectivity index (χ2n) is 9.99. The summed E-state index contributed by atoms with van der Waals surface area (Å²) in [4.78, 5) is 26.3. The Balaban J connectivity index is 1.85. The van der Waals surface area contributed by atoms with Gasteiger partial charge in [-0.05, 0) is 39.7 Å². The number of aliphatic hydroxyl groups is 1. The van der Waals surface area contributed by atoms with Gasteiger partial charge < -0.3 is 24.5 Å². The quantitative estimate of drug-likeness (QED) is 0.475. The molecule has 9 nitrogen and oxygen atoms in total. The van der Waals surface area contributed by atoms with E-state index in [0.29, 0.717) is 26.1 Å². The second kappa shape index (κ2) is 10.1. The molecule has 0 saturated carbocycles. The molecule has 38 heavy (non-hydrogen) atoms. The molecule has 0 amide bonds. The number of pyridine rings is 1. The summed E-state index contributed by atoms with van der Waals surface area (Å²) in [5, 5.41) is 17.5. The molecule has 1 atom stereocenters. The van der Waals surface area contributed by atoms with Crippen molar-refractivity contribution in [1.29, 1.82) is 0 Å². The van der Waals surface area contributed by atoms with Crippen molar-refractivity contribution in [1.82, 2.24) is 14.3 Å². The number of methoxy groups -OCH3 is 1. The average molecular weight is 537 g/mol. The van der Waals surface area contributed by atoms with Gasteiger partial charge in [0.05, 0.1) is 24.1 Å². The summed E-state index contributed by atoms with van der Waals surface area (Å²) < 4.78 is 58.3. The predicted molar refractivity (Wildman–Crippen MR) is 136 cm³/mol. The summed E-state index contributed by atoms with van der Waals surface area (Å²) in [6.07, 6.45) is 2.69. The fourth-order valence-corrected chi connectivity index (χ4v) is 4.68. The summed E-state index contributed by atoms with van der Waals surface area (Å²) in [6.45, 7) is 4.31. The lowest BCUT2D eigenvalue weighted by atomic mass is 9.91. The lowest BCUT2D eigenvalue weighted by Crippen LogP contribution is -2.41. The number of halogens is 3. The van der Waals surface area contributed by atoms with Crippen LogP contribution in [-0.4, -0.2) is 45.4 Å². The van der Waals surface area contributed by atoms with Crippen molar-refractivity contribution in [2.75, 3.05) is 25.6 Å². The zero-order valence-corrected chi connectivity index (χ0v) is 21.8. The standard InChI is InChI=1S/C26H31F3N4O5/c1-14(16-7-6-8-18(20(16)27)26(28,29)25(2,3)36)30-22-17-13-33(15-9-11-38-12-10-15)24(35)21(37-5)19(17)23(34)32(4)31-22/h6-8,13-15,36H,9-12H2,1-5H3,(H,30,31)/t14-/m1/s1. The van der Waals surface area contributed by atoms with Crippen molar-refractivity contribution < 1.29 is 27.8 Å². The van der Waals surface area contributed by atoms with Gasteiger partial charge in [0.2, 0.25) is 0 Å². The maximum absolute atomic E-state index is 15.4. The SMILES string of the molecule is COc1c(=O)n(C2CCOCC2)cc2c(N[C@H](C)c3cccc(C(F)(F)C(C)(C)O)c3F)nn(C)c(=O)c12. The molecule has 0 spiro atoms. The Hall–Kier alpha value is -3.38. The molecule has 4 rings (SSSR count). The topological polar surface area (TPSA) is 108 Å². The van der Waals surface area contributed by atoms with E-state index >= 15 is 4.39 Å². The van der Waals surface area contributed by atoms with Crippen LogP contribution in [0, 0.1) is 5.82 Å². The maximum atomic E-state index is 15.4. The first-order valence-electron chi connectivity index (χ1n) is 12.2. The Labute approximate surface area is 216 Å². The number of alkyl halides is 2. The van der Waals surface area contributed by atoms with E-state index in [4.69, 9.17) is 9.47 Å². The van der Waals surface area contributed by atoms with Crippen LogP contribution in [0.25, 0.3) is 10.8 Å². The van der Waals surface area contributed by atoms with Crippen LogP contribution >= 0.6 is 0 Å². The van der Waals surface area contributed by atoms with Gasteiger partial charge in [0, 0.05) is 38.1 Å². The van der Waals surface area contributed by atoms with Crippen molar-refractivity contribution in [2.45, 2.75) is 57.2 Å². The van der Waals surface area contributed by atoms with Crippen LogP contribution in [0.3, 0.4) is 0 Å². The Morgan fingerprint density at radius 2 is 1.87 bits per heavy atom. The van der Waals surface area contributed by atoms with E-state index in [1.165, 1.54) is 37.1 Å². The number of ether oxygens (including phenoxy) is 2. The third-order valence-corrected chi connectivity index (χ3v) is 6.95.